The molecule has 0 radical (unpaired) electrons. The van der Waals surface area contributed by atoms with Crippen LogP contribution in [0.4, 0.5) is 14.6 Å². The number of nitrogen functional groups attached to an aromatic ring is 1. The van der Waals surface area contributed by atoms with E-state index in [9.17, 15) is 9.59 Å². The van der Waals surface area contributed by atoms with Crippen LogP contribution in [-0.4, -0.2) is 56.2 Å². The first-order valence-electron chi connectivity index (χ1n) is 10.9. The Hall–Kier alpha value is -4.16. The highest BCUT2D eigenvalue weighted by Gasteiger charge is 2.63. The van der Waals surface area contributed by atoms with Gasteiger partial charge in [-0.25, -0.2) is 14.6 Å². The molecule has 0 unspecified atom stereocenters. The molecule has 3 atom stereocenters. The highest BCUT2D eigenvalue weighted by molar-refractivity contribution is 6.28. The van der Waals surface area contributed by atoms with E-state index >= 15 is 8.78 Å². The van der Waals surface area contributed by atoms with E-state index in [1.807, 2.05) is 0 Å². The molecular weight excluding hydrogens is 512 g/mol. The molecule has 190 valence electrons. The summed E-state index contributed by atoms with van der Waals surface area (Å²) in [5.74, 6) is -5.69. The highest BCUT2D eigenvalue weighted by Crippen LogP contribution is 2.46. The summed E-state index contributed by atoms with van der Waals surface area (Å²) >= 11 is 5.87. The first kappa shape index (κ1) is 24.5. The van der Waals surface area contributed by atoms with E-state index in [-0.39, 0.29) is 33.4 Å². The number of carbonyl (C=O) groups excluding carboxylic acids is 2. The quantitative estimate of drug-likeness (QED) is 0.293. The second-order valence-corrected chi connectivity index (χ2v) is 8.40. The summed E-state index contributed by atoms with van der Waals surface area (Å²) < 4.78 is 48.7. The second-order valence-electron chi connectivity index (χ2n) is 8.06. The average Bonchev–Trinajstić information content (AvgIpc) is 3.41. The SMILES string of the molecule is Nc1nc(Cl)nc2c1ncn2[C@@H]1O[C@H](COC(=O)c2ccccc2)[C@@H](OC(=O)c2ccccc2)C1(F)F. The number of carbonyl (C=O) groups is 2. The van der Waals surface area contributed by atoms with Gasteiger partial charge in [0.1, 0.15) is 18.2 Å². The predicted octanol–water partition coefficient (Wildman–Crippen LogP) is 3.68. The topological polar surface area (TPSA) is 131 Å². The zero-order chi connectivity index (χ0) is 26.2. The third-order valence-electron chi connectivity index (χ3n) is 5.66. The second kappa shape index (κ2) is 9.71. The number of benzene rings is 2. The van der Waals surface area contributed by atoms with Gasteiger partial charge in [-0.2, -0.15) is 18.7 Å². The monoisotopic (exact) mass is 529 g/mol. The molecular formula is C24H18ClF2N5O5. The number of ether oxygens (including phenoxy) is 3. The van der Waals surface area contributed by atoms with Crippen molar-refractivity contribution in [2.24, 2.45) is 0 Å². The van der Waals surface area contributed by atoms with Crippen LogP contribution in [0.3, 0.4) is 0 Å². The smallest absolute Gasteiger partial charge is 0.338 e. The van der Waals surface area contributed by atoms with Gasteiger partial charge in [0.05, 0.1) is 17.5 Å². The molecule has 4 aromatic rings. The van der Waals surface area contributed by atoms with E-state index < -0.39 is 42.9 Å². The Labute approximate surface area is 212 Å². The van der Waals surface area contributed by atoms with Gasteiger partial charge < -0.3 is 19.9 Å². The summed E-state index contributed by atoms with van der Waals surface area (Å²) in [6.45, 7) is -0.628. The minimum Gasteiger partial charge on any atom is -0.459 e. The lowest BCUT2D eigenvalue weighted by atomic mass is 10.1. The van der Waals surface area contributed by atoms with Crippen LogP contribution in [0.2, 0.25) is 5.28 Å². The lowest BCUT2D eigenvalue weighted by Crippen LogP contribution is -2.43. The summed E-state index contributed by atoms with van der Waals surface area (Å²) in [5.41, 5.74) is 5.98. The fourth-order valence-electron chi connectivity index (χ4n) is 3.90. The maximum Gasteiger partial charge on any atom is 0.338 e. The first-order chi connectivity index (χ1) is 17.8. The van der Waals surface area contributed by atoms with Gasteiger partial charge in [0.15, 0.2) is 17.6 Å². The van der Waals surface area contributed by atoms with Crippen molar-refractivity contribution in [3.63, 3.8) is 0 Å². The van der Waals surface area contributed by atoms with E-state index in [2.05, 4.69) is 15.0 Å². The number of alkyl halides is 2. The Morgan fingerprint density at radius 2 is 1.65 bits per heavy atom. The number of nitrogens with two attached hydrogens (primary N) is 1. The maximum absolute atomic E-state index is 15.8. The van der Waals surface area contributed by atoms with Gasteiger partial charge in [-0.1, -0.05) is 36.4 Å². The molecule has 2 aromatic heterocycles. The van der Waals surface area contributed by atoms with E-state index in [1.165, 1.54) is 24.3 Å². The molecule has 5 rings (SSSR count). The highest BCUT2D eigenvalue weighted by atomic mass is 35.5. The Kier molecular flexibility index (Phi) is 6.44. The van der Waals surface area contributed by atoms with Gasteiger partial charge >= 0.3 is 17.9 Å². The zero-order valence-corrected chi connectivity index (χ0v) is 19.6. The van der Waals surface area contributed by atoms with Crippen LogP contribution < -0.4 is 5.73 Å². The maximum atomic E-state index is 15.8. The minimum absolute atomic E-state index is 0.0283. The van der Waals surface area contributed by atoms with Gasteiger partial charge in [-0.3, -0.25) is 4.57 Å². The summed E-state index contributed by atoms with van der Waals surface area (Å²) in [6, 6.07) is 15.6. The Balaban J connectivity index is 1.47. The number of esters is 2. The number of halogens is 3. The van der Waals surface area contributed by atoms with Gasteiger partial charge in [0.25, 0.3) is 0 Å². The van der Waals surface area contributed by atoms with Crippen LogP contribution in [0, 0.1) is 0 Å². The predicted molar refractivity (Wildman–Crippen MR) is 126 cm³/mol. The van der Waals surface area contributed by atoms with Crippen LogP contribution in [0.15, 0.2) is 67.0 Å². The molecule has 1 saturated heterocycles. The third-order valence-corrected chi connectivity index (χ3v) is 5.82. The fourth-order valence-corrected chi connectivity index (χ4v) is 4.07. The molecule has 2 aromatic carbocycles. The molecule has 1 aliphatic heterocycles. The molecule has 3 heterocycles. The zero-order valence-electron chi connectivity index (χ0n) is 18.8. The molecule has 0 aliphatic carbocycles. The molecule has 0 bridgehead atoms. The standard InChI is InChI=1S/C24H18ClF2N5O5/c25-23-30-18(28)16-19(31-23)32(12-29-16)22-24(26,27)17(37-21(34)14-9-5-2-6-10-14)15(36-22)11-35-20(33)13-7-3-1-4-8-13/h1-10,12,15,17,22H,11H2,(H2,28,30,31)/t15-,17-,22-/m1/s1. The van der Waals surface area contributed by atoms with Gasteiger partial charge in [0.2, 0.25) is 11.5 Å². The van der Waals surface area contributed by atoms with Crippen molar-refractivity contribution in [2.45, 2.75) is 24.4 Å². The molecule has 2 N–H and O–H groups in total. The lowest BCUT2D eigenvalue weighted by Gasteiger charge is -2.24. The summed E-state index contributed by atoms with van der Waals surface area (Å²) in [5, 5.41) is -0.284. The van der Waals surface area contributed by atoms with Crippen LogP contribution in [0.5, 0.6) is 0 Å². The Morgan fingerprint density at radius 1 is 1.03 bits per heavy atom. The lowest BCUT2D eigenvalue weighted by molar-refractivity contribution is -0.140. The third kappa shape index (κ3) is 4.68. The van der Waals surface area contributed by atoms with E-state index in [0.717, 1.165) is 10.9 Å². The van der Waals surface area contributed by atoms with Crippen LogP contribution in [-0.2, 0) is 14.2 Å². The number of nitrogens with zero attached hydrogens (tertiary/aromatic N) is 4. The average molecular weight is 530 g/mol. The van der Waals surface area contributed by atoms with Crippen molar-refractivity contribution in [2.75, 3.05) is 12.3 Å². The Morgan fingerprint density at radius 3 is 2.30 bits per heavy atom. The summed E-state index contributed by atoms with van der Waals surface area (Å²) in [6.07, 6.45) is -4.66. The first-order valence-corrected chi connectivity index (χ1v) is 11.3. The summed E-state index contributed by atoms with van der Waals surface area (Å²) in [7, 11) is 0. The fraction of sp³-hybridized carbons (Fsp3) is 0.208. The van der Waals surface area contributed by atoms with Crippen molar-refractivity contribution in [3.8, 4) is 0 Å². The van der Waals surface area contributed by atoms with Gasteiger partial charge in [-0.15, -0.1) is 0 Å². The van der Waals surface area contributed by atoms with Crippen LogP contribution in [0.1, 0.15) is 26.9 Å². The van der Waals surface area contributed by atoms with E-state index in [4.69, 9.17) is 31.5 Å². The molecule has 37 heavy (non-hydrogen) atoms. The molecule has 0 saturated carbocycles. The number of imidazole rings is 1. The number of fused-ring (bicyclic) bond motifs is 1. The van der Waals surface area contributed by atoms with Crippen molar-refractivity contribution in [1.82, 2.24) is 19.5 Å². The summed E-state index contributed by atoms with van der Waals surface area (Å²) in [4.78, 5) is 36.8. The van der Waals surface area contributed by atoms with Crippen LogP contribution in [0.25, 0.3) is 11.2 Å². The molecule has 10 nitrogen and oxygen atoms in total. The van der Waals surface area contributed by atoms with E-state index in [0.29, 0.717) is 0 Å². The number of hydrogen-bond donors (Lipinski definition) is 1. The Bertz CT molecular complexity index is 1450. The minimum atomic E-state index is -3.81. The molecule has 0 amide bonds. The molecule has 1 aliphatic rings. The molecule has 13 heteroatoms. The normalized spacial score (nSPS) is 20.6. The van der Waals surface area contributed by atoms with Crippen molar-refractivity contribution < 1.29 is 32.6 Å². The number of rotatable bonds is 6. The number of hydrogen-bond acceptors (Lipinski definition) is 9. The molecule has 0 spiro atoms. The van der Waals surface area contributed by atoms with Gasteiger partial charge in [0, 0.05) is 0 Å². The number of anilines is 1. The van der Waals surface area contributed by atoms with E-state index in [1.54, 1.807) is 36.4 Å². The largest absolute Gasteiger partial charge is 0.459 e. The van der Waals surface area contributed by atoms with Crippen LogP contribution >= 0.6 is 11.6 Å². The van der Waals surface area contributed by atoms with Crippen molar-refractivity contribution >= 4 is 40.5 Å². The number of aromatic nitrogens is 4. The van der Waals surface area contributed by atoms with Crippen molar-refractivity contribution in [3.05, 3.63) is 83.4 Å². The van der Waals surface area contributed by atoms with Gasteiger partial charge in [-0.05, 0) is 35.9 Å². The molecule has 1 fully saturated rings. The van der Waals surface area contributed by atoms with Crippen molar-refractivity contribution in [1.29, 1.82) is 0 Å².